The van der Waals surface area contributed by atoms with E-state index in [2.05, 4.69) is 60.4 Å². The third-order valence-corrected chi connectivity index (χ3v) is 14.3. The van der Waals surface area contributed by atoms with Gasteiger partial charge in [-0.2, -0.15) is 0 Å². The van der Waals surface area contributed by atoms with Crippen LogP contribution in [0.5, 0.6) is 0 Å². The molecule has 7 rings (SSSR count). The van der Waals surface area contributed by atoms with Gasteiger partial charge in [0, 0.05) is 0 Å². The van der Waals surface area contributed by atoms with Crippen LogP contribution in [0.3, 0.4) is 0 Å². The van der Waals surface area contributed by atoms with Gasteiger partial charge in [-0.25, -0.2) is 0 Å². The van der Waals surface area contributed by atoms with Crippen molar-refractivity contribution in [1.82, 2.24) is 0 Å². The van der Waals surface area contributed by atoms with Crippen molar-refractivity contribution in [3.63, 3.8) is 0 Å². The molecule has 1 heterocycles. The van der Waals surface area contributed by atoms with E-state index in [-0.39, 0.29) is 0 Å². The maximum atomic E-state index is 13.2. The molecular formula is C34H22O4Ti. The number of hydrogen-bond donors (Lipinski definition) is 0. The number of fused-ring (bicyclic) bond motifs is 6. The van der Waals surface area contributed by atoms with Gasteiger partial charge >= 0.3 is 232 Å². The van der Waals surface area contributed by atoms with E-state index in [0.29, 0.717) is 0 Å². The summed E-state index contributed by atoms with van der Waals surface area (Å²) in [5.41, 5.74) is 10.5. The molecule has 4 aromatic rings. The van der Waals surface area contributed by atoms with E-state index >= 15 is 0 Å². The summed E-state index contributed by atoms with van der Waals surface area (Å²) in [5.74, 6) is 2.60. The Morgan fingerprint density at radius 1 is 0.615 bits per heavy atom. The molecule has 0 radical (unpaired) electrons. The summed E-state index contributed by atoms with van der Waals surface area (Å²) < 4.78 is 12.0. The quantitative estimate of drug-likeness (QED) is 0.232. The molecule has 0 amide bonds. The number of carbonyl (C=O) groups excluding carboxylic acids is 2. The van der Waals surface area contributed by atoms with Crippen LogP contribution in [0.1, 0.15) is 41.8 Å². The molecule has 2 atom stereocenters. The van der Waals surface area contributed by atoms with Gasteiger partial charge in [0.25, 0.3) is 0 Å². The van der Waals surface area contributed by atoms with Crippen LogP contribution in [0.4, 0.5) is 0 Å². The van der Waals surface area contributed by atoms with E-state index in [1.54, 1.807) is 0 Å². The first-order valence-corrected chi connectivity index (χ1v) is 16.0. The van der Waals surface area contributed by atoms with Crippen LogP contribution < -0.4 is 0 Å². The Bertz CT molecular complexity index is 1670. The van der Waals surface area contributed by atoms with Gasteiger partial charge in [-0.3, -0.25) is 0 Å². The Hall–Kier alpha value is -4.35. The van der Waals surface area contributed by atoms with Gasteiger partial charge in [-0.05, 0) is 0 Å². The second-order valence-electron chi connectivity index (χ2n) is 10.1. The fraction of sp³-hybridized carbons (Fsp3) is 0.118. The van der Waals surface area contributed by atoms with E-state index < -0.39 is 37.7 Å². The molecule has 0 saturated carbocycles. The van der Waals surface area contributed by atoms with Gasteiger partial charge in [-0.15, -0.1) is 0 Å². The first kappa shape index (κ1) is 23.7. The van der Waals surface area contributed by atoms with E-state index in [0.717, 1.165) is 68.5 Å². The topological polar surface area (TPSA) is 52.6 Å². The summed E-state index contributed by atoms with van der Waals surface area (Å²) >= 11 is -4.89. The fourth-order valence-electron chi connectivity index (χ4n) is 6.99. The second-order valence-corrected chi connectivity index (χ2v) is 14.8. The minimum absolute atomic E-state index is 0.475. The second kappa shape index (κ2) is 8.86. The van der Waals surface area contributed by atoms with E-state index in [4.69, 9.17) is 19.5 Å². The minimum atomic E-state index is -4.89. The van der Waals surface area contributed by atoms with E-state index in [1.807, 2.05) is 36.4 Å². The fourth-order valence-corrected chi connectivity index (χ4v) is 13.9. The van der Waals surface area contributed by atoms with Gasteiger partial charge in [0.2, 0.25) is 0 Å². The van der Waals surface area contributed by atoms with Gasteiger partial charge in [0.15, 0.2) is 0 Å². The van der Waals surface area contributed by atoms with Crippen LogP contribution in [-0.2, 0) is 46.4 Å². The summed E-state index contributed by atoms with van der Waals surface area (Å²) in [6.07, 6.45) is 12.8. The van der Waals surface area contributed by atoms with Gasteiger partial charge in [0.05, 0.1) is 0 Å². The van der Waals surface area contributed by atoms with Crippen molar-refractivity contribution in [3.8, 4) is 46.9 Å². The predicted octanol–water partition coefficient (Wildman–Crippen LogP) is 5.96. The molecule has 0 saturated heterocycles. The number of hydrogen-bond acceptors (Lipinski definition) is 4. The summed E-state index contributed by atoms with van der Waals surface area (Å²) in [4.78, 5) is 26.4. The molecule has 0 fully saturated rings. The molecule has 2 unspecified atom stereocenters. The van der Waals surface area contributed by atoms with Crippen molar-refractivity contribution in [2.75, 3.05) is 0 Å². The Kier molecular flexibility index (Phi) is 5.39. The molecule has 4 nitrogen and oxygen atoms in total. The Morgan fingerprint density at radius 3 is 1.46 bits per heavy atom. The Labute approximate surface area is 231 Å². The normalized spacial score (nSPS) is 18.4. The molecule has 0 bridgehead atoms. The SMILES string of the molecule is C#CC(=O)[O][Ti]1([O]C(=O)C#C)[CH]2c3ccccc3-c3cccc(c32)CCc2cccc3c2[CH]1c1ccccc1-3. The van der Waals surface area contributed by atoms with Crippen molar-refractivity contribution in [2.24, 2.45) is 0 Å². The van der Waals surface area contributed by atoms with Crippen LogP contribution >= 0.6 is 0 Å². The first-order chi connectivity index (χ1) is 19.1. The zero-order valence-electron chi connectivity index (χ0n) is 20.9. The average Bonchev–Trinajstić information content (AvgIpc) is 3.51. The van der Waals surface area contributed by atoms with Gasteiger partial charge in [0.1, 0.15) is 0 Å². The number of carbonyl (C=O) groups is 2. The molecule has 4 aromatic carbocycles. The molecule has 0 spiro atoms. The maximum absolute atomic E-state index is 13.2. The van der Waals surface area contributed by atoms with E-state index in [1.165, 1.54) is 0 Å². The number of rotatable bonds is 2. The van der Waals surface area contributed by atoms with Crippen molar-refractivity contribution in [3.05, 3.63) is 118 Å². The summed E-state index contributed by atoms with van der Waals surface area (Å²) in [6.45, 7) is 0. The van der Waals surface area contributed by atoms with Gasteiger partial charge < -0.3 is 0 Å². The molecule has 5 heteroatoms. The average molecular weight is 542 g/mol. The Morgan fingerprint density at radius 2 is 1.03 bits per heavy atom. The van der Waals surface area contributed by atoms with E-state index in [9.17, 15) is 9.59 Å². The third-order valence-electron chi connectivity index (χ3n) is 8.30. The number of benzene rings is 4. The van der Waals surface area contributed by atoms with Gasteiger partial charge in [-0.1, -0.05) is 0 Å². The molecular weight excluding hydrogens is 520 g/mol. The summed E-state index contributed by atoms with van der Waals surface area (Å²) in [7, 11) is 0. The van der Waals surface area contributed by atoms with Crippen LogP contribution in [0.25, 0.3) is 22.3 Å². The van der Waals surface area contributed by atoms with Crippen molar-refractivity contribution in [2.45, 2.75) is 21.3 Å². The standard InChI is InChI=1S/C28H20.2C3H2O2.Ti/c1-3-11-23-21(7-1)17-27-19(9-5-13-25(23)27)15-16-20-10-6-14-26-24-12-4-2-8-22(24)18-28(20)26;2*1-2-3(4)5;/h1-14,17-18H,15-16H2;2*1H,(H,4,5);/q;;;+2/p-2. The van der Waals surface area contributed by atoms with Crippen LogP contribution in [0.2, 0.25) is 0 Å². The van der Waals surface area contributed by atoms with Crippen molar-refractivity contribution >= 4 is 11.9 Å². The van der Waals surface area contributed by atoms with Crippen molar-refractivity contribution in [1.29, 1.82) is 0 Å². The Balaban J connectivity index is 1.66. The molecule has 1 aliphatic heterocycles. The number of aryl methyl sites for hydroxylation is 2. The molecule has 3 aliphatic rings. The van der Waals surface area contributed by atoms with Crippen LogP contribution in [0.15, 0.2) is 84.9 Å². The summed E-state index contributed by atoms with van der Waals surface area (Å²) in [5, 5.41) is 0. The first-order valence-electron chi connectivity index (χ1n) is 12.9. The molecule has 0 aromatic heterocycles. The molecule has 186 valence electrons. The zero-order valence-corrected chi connectivity index (χ0v) is 22.5. The third kappa shape index (κ3) is 3.33. The van der Waals surface area contributed by atoms with Crippen LogP contribution in [0, 0.1) is 24.7 Å². The van der Waals surface area contributed by atoms with Crippen LogP contribution in [-0.4, -0.2) is 11.9 Å². The molecule has 2 aliphatic carbocycles. The monoisotopic (exact) mass is 542 g/mol. The molecule has 39 heavy (non-hydrogen) atoms. The predicted molar refractivity (Wildman–Crippen MR) is 145 cm³/mol. The summed E-state index contributed by atoms with van der Waals surface area (Å²) in [6, 6.07) is 28.7. The number of terminal acetylenes is 2. The zero-order chi connectivity index (χ0) is 26.7. The molecule has 0 N–H and O–H groups in total. The van der Waals surface area contributed by atoms with Crippen molar-refractivity contribution < 1.29 is 33.6 Å².